The molecule has 0 radical (unpaired) electrons. The van der Waals surface area contributed by atoms with E-state index in [1.807, 2.05) is 19.9 Å². The molecule has 2 nitrogen and oxygen atoms in total. The molecule has 0 amide bonds. The number of fused-ring (bicyclic) bond motifs is 1. The van der Waals surface area contributed by atoms with E-state index < -0.39 is 0 Å². The van der Waals surface area contributed by atoms with Crippen LogP contribution in [0.4, 0.5) is 4.39 Å². The smallest absolute Gasteiger partial charge is 0.126 e. The molecule has 1 aromatic rings. The largest absolute Gasteiger partial charge is 0.489 e. The van der Waals surface area contributed by atoms with E-state index in [4.69, 9.17) is 4.74 Å². The summed E-state index contributed by atoms with van der Waals surface area (Å²) < 4.78 is 19.7. The number of halogens is 1. The van der Waals surface area contributed by atoms with Gasteiger partial charge in [0.15, 0.2) is 0 Å². The van der Waals surface area contributed by atoms with Gasteiger partial charge in [0.2, 0.25) is 0 Å². The lowest BCUT2D eigenvalue weighted by Gasteiger charge is -2.13. The molecule has 1 aliphatic rings. The third-order valence-electron chi connectivity index (χ3n) is 3.55. The van der Waals surface area contributed by atoms with Crippen molar-refractivity contribution >= 4 is 0 Å². The summed E-state index contributed by atoms with van der Waals surface area (Å²) in [7, 11) is 2.08. The van der Waals surface area contributed by atoms with E-state index in [9.17, 15) is 4.39 Å². The summed E-state index contributed by atoms with van der Waals surface area (Å²) in [5, 5.41) is 0. The SMILES string of the molecule is CC(C)=CCOc1ccc(F)c2c1CCN(C)CC2. The molecular weight excluding hydrogens is 241 g/mol. The first-order valence-corrected chi connectivity index (χ1v) is 6.83. The summed E-state index contributed by atoms with van der Waals surface area (Å²) in [5.74, 6) is 0.740. The van der Waals surface area contributed by atoms with Crippen LogP contribution in [0.15, 0.2) is 23.8 Å². The van der Waals surface area contributed by atoms with Gasteiger partial charge in [-0.3, -0.25) is 0 Å². The summed E-state index contributed by atoms with van der Waals surface area (Å²) >= 11 is 0. The predicted molar refractivity (Wildman–Crippen MR) is 76.2 cm³/mol. The van der Waals surface area contributed by atoms with Crippen LogP contribution in [0.5, 0.6) is 5.75 Å². The summed E-state index contributed by atoms with van der Waals surface area (Å²) in [6.45, 7) is 6.50. The minimum atomic E-state index is -0.0973. The van der Waals surface area contributed by atoms with Crippen LogP contribution in [0.3, 0.4) is 0 Å². The van der Waals surface area contributed by atoms with E-state index in [0.717, 1.165) is 42.8 Å². The number of allylic oxidation sites excluding steroid dienone is 1. The van der Waals surface area contributed by atoms with Gasteiger partial charge < -0.3 is 9.64 Å². The van der Waals surface area contributed by atoms with Crippen LogP contribution in [0, 0.1) is 5.82 Å². The molecule has 1 aromatic carbocycles. The molecule has 0 aromatic heterocycles. The third-order valence-corrected chi connectivity index (χ3v) is 3.55. The molecule has 0 aliphatic carbocycles. The van der Waals surface area contributed by atoms with Crippen molar-refractivity contribution in [2.75, 3.05) is 26.7 Å². The Labute approximate surface area is 114 Å². The fourth-order valence-corrected chi connectivity index (χ4v) is 2.34. The van der Waals surface area contributed by atoms with Gasteiger partial charge >= 0.3 is 0 Å². The average molecular weight is 263 g/mol. The molecule has 1 heterocycles. The Morgan fingerprint density at radius 2 is 1.95 bits per heavy atom. The van der Waals surface area contributed by atoms with Crippen LogP contribution < -0.4 is 4.74 Å². The highest BCUT2D eigenvalue weighted by atomic mass is 19.1. The van der Waals surface area contributed by atoms with E-state index in [1.54, 1.807) is 6.07 Å². The number of nitrogens with zero attached hydrogens (tertiary/aromatic N) is 1. The van der Waals surface area contributed by atoms with Crippen LogP contribution >= 0.6 is 0 Å². The maximum atomic E-state index is 13.9. The van der Waals surface area contributed by atoms with Crippen molar-refractivity contribution in [2.24, 2.45) is 0 Å². The molecule has 0 saturated carbocycles. The third kappa shape index (κ3) is 3.57. The van der Waals surface area contributed by atoms with Gasteiger partial charge in [0.25, 0.3) is 0 Å². The highest BCUT2D eigenvalue weighted by Gasteiger charge is 2.18. The zero-order valence-electron chi connectivity index (χ0n) is 12.0. The maximum absolute atomic E-state index is 13.9. The Hall–Kier alpha value is -1.35. The van der Waals surface area contributed by atoms with Gasteiger partial charge in [0, 0.05) is 18.7 Å². The molecule has 0 unspecified atom stereocenters. The Bertz CT molecular complexity index is 478. The van der Waals surface area contributed by atoms with Gasteiger partial charge in [-0.2, -0.15) is 0 Å². The molecule has 1 aliphatic heterocycles. The first kappa shape index (κ1) is 14.1. The molecule has 2 rings (SSSR count). The number of ether oxygens (including phenoxy) is 1. The second-order valence-electron chi connectivity index (χ2n) is 5.40. The fraction of sp³-hybridized carbons (Fsp3) is 0.500. The molecule has 0 N–H and O–H groups in total. The lowest BCUT2D eigenvalue weighted by molar-refractivity contribution is 0.344. The first-order valence-electron chi connectivity index (χ1n) is 6.83. The molecule has 104 valence electrons. The molecule has 0 saturated heterocycles. The molecule has 0 fully saturated rings. The van der Waals surface area contributed by atoms with Gasteiger partial charge in [-0.1, -0.05) is 5.57 Å². The monoisotopic (exact) mass is 263 g/mol. The first-order chi connectivity index (χ1) is 9.08. The maximum Gasteiger partial charge on any atom is 0.126 e. The Kier molecular flexibility index (Phi) is 4.59. The van der Waals surface area contributed by atoms with Crippen molar-refractivity contribution in [2.45, 2.75) is 26.7 Å². The van der Waals surface area contributed by atoms with E-state index in [-0.39, 0.29) is 5.82 Å². The van der Waals surface area contributed by atoms with Crippen molar-refractivity contribution in [1.82, 2.24) is 4.90 Å². The molecule has 19 heavy (non-hydrogen) atoms. The summed E-state index contributed by atoms with van der Waals surface area (Å²) in [6, 6.07) is 3.29. The lowest BCUT2D eigenvalue weighted by atomic mass is 10.0. The van der Waals surface area contributed by atoms with Crippen molar-refractivity contribution < 1.29 is 9.13 Å². The highest BCUT2D eigenvalue weighted by molar-refractivity contribution is 5.42. The number of rotatable bonds is 3. The molecule has 3 heteroatoms. The van der Waals surface area contributed by atoms with Crippen LogP contribution in [-0.4, -0.2) is 31.6 Å². The predicted octanol–water partition coefficient (Wildman–Crippen LogP) is 3.20. The molecular formula is C16H22FNO. The quantitative estimate of drug-likeness (QED) is 0.776. The second-order valence-corrected chi connectivity index (χ2v) is 5.40. The van der Waals surface area contributed by atoms with E-state index in [0.29, 0.717) is 6.61 Å². The minimum absolute atomic E-state index is 0.0973. The van der Waals surface area contributed by atoms with Crippen molar-refractivity contribution in [3.8, 4) is 5.75 Å². The minimum Gasteiger partial charge on any atom is -0.489 e. The van der Waals surface area contributed by atoms with E-state index in [2.05, 4.69) is 11.9 Å². The summed E-state index contributed by atoms with van der Waals surface area (Å²) in [6.07, 6.45) is 3.66. The number of benzene rings is 1. The topological polar surface area (TPSA) is 12.5 Å². The van der Waals surface area contributed by atoms with Gasteiger partial charge in [0.05, 0.1) is 0 Å². The number of likely N-dealkylation sites (N-methyl/N-ethyl adjacent to an activating group) is 1. The van der Waals surface area contributed by atoms with Gasteiger partial charge in [-0.15, -0.1) is 0 Å². The average Bonchev–Trinajstić information content (AvgIpc) is 2.55. The molecule has 0 atom stereocenters. The molecule has 0 bridgehead atoms. The van der Waals surface area contributed by atoms with Gasteiger partial charge in [-0.25, -0.2) is 4.39 Å². The summed E-state index contributed by atoms with van der Waals surface area (Å²) in [4.78, 5) is 2.24. The molecule has 0 spiro atoms. The van der Waals surface area contributed by atoms with Gasteiger partial charge in [-0.05, 0) is 57.5 Å². The Morgan fingerprint density at radius 3 is 2.63 bits per heavy atom. The zero-order valence-corrected chi connectivity index (χ0v) is 12.0. The van der Waals surface area contributed by atoms with Crippen LogP contribution in [0.2, 0.25) is 0 Å². The number of hydrogen-bond donors (Lipinski definition) is 0. The van der Waals surface area contributed by atoms with Gasteiger partial charge in [0.1, 0.15) is 18.2 Å². The standard InChI is InChI=1S/C16H22FNO/c1-12(2)8-11-19-16-5-4-15(17)13-6-9-18(3)10-7-14(13)16/h4-5,8H,6-7,9-11H2,1-3H3. The Balaban J connectivity index is 2.23. The Morgan fingerprint density at radius 1 is 1.26 bits per heavy atom. The van der Waals surface area contributed by atoms with E-state index >= 15 is 0 Å². The summed E-state index contributed by atoms with van der Waals surface area (Å²) in [5.41, 5.74) is 3.11. The zero-order chi connectivity index (χ0) is 13.8. The normalized spacial score (nSPS) is 15.6. The van der Waals surface area contributed by atoms with Crippen molar-refractivity contribution in [1.29, 1.82) is 0 Å². The second kappa shape index (κ2) is 6.20. The van der Waals surface area contributed by atoms with Crippen LogP contribution in [0.1, 0.15) is 25.0 Å². The van der Waals surface area contributed by atoms with E-state index in [1.165, 1.54) is 11.6 Å². The van der Waals surface area contributed by atoms with Crippen molar-refractivity contribution in [3.63, 3.8) is 0 Å². The van der Waals surface area contributed by atoms with Crippen LogP contribution in [0.25, 0.3) is 0 Å². The fourth-order valence-electron chi connectivity index (χ4n) is 2.34. The lowest BCUT2D eigenvalue weighted by Crippen LogP contribution is -2.20. The van der Waals surface area contributed by atoms with Crippen LogP contribution in [-0.2, 0) is 12.8 Å². The van der Waals surface area contributed by atoms with Crippen molar-refractivity contribution in [3.05, 3.63) is 40.7 Å². The highest BCUT2D eigenvalue weighted by Crippen LogP contribution is 2.28. The number of hydrogen-bond acceptors (Lipinski definition) is 2.